The molecule has 0 amide bonds. The zero-order chi connectivity index (χ0) is 22.3. The third-order valence-electron chi connectivity index (χ3n) is 5.84. The molecule has 0 saturated carbocycles. The van der Waals surface area contributed by atoms with Crippen LogP contribution in [0, 0.1) is 5.92 Å². The summed E-state index contributed by atoms with van der Waals surface area (Å²) in [5.74, 6) is 2.00. The quantitative estimate of drug-likeness (QED) is 0.386. The Morgan fingerprint density at radius 3 is 2.45 bits per heavy atom. The first-order valence-electron chi connectivity index (χ1n) is 11.5. The van der Waals surface area contributed by atoms with Crippen LogP contribution in [0.1, 0.15) is 18.4 Å². The number of rotatable bonds is 8. The van der Waals surface area contributed by atoms with E-state index in [0.717, 1.165) is 59.7 Å². The lowest BCUT2D eigenvalue weighted by molar-refractivity contribution is 0.209. The van der Waals surface area contributed by atoms with Gasteiger partial charge in [0.1, 0.15) is 12.4 Å². The summed E-state index contributed by atoms with van der Waals surface area (Å²) in [4.78, 5) is 9.17. The van der Waals surface area contributed by atoms with E-state index in [2.05, 4.69) is 32.7 Å². The summed E-state index contributed by atoms with van der Waals surface area (Å²) < 4.78 is 11.8. The first-order chi connectivity index (χ1) is 16.3. The van der Waals surface area contributed by atoms with Crippen molar-refractivity contribution in [1.29, 1.82) is 0 Å². The molecule has 0 radical (unpaired) electrons. The highest BCUT2D eigenvalue weighted by Gasteiger charge is 2.14. The summed E-state index contributed by atoms with van der Waals surface area (Å²) in [6.07, 6.45) is 4.00. The van der Waals surface area contributed by atoms with Gasteiger partial charge in [0.05, 0.1) is 23.8 Å². The van der Waals surface area contributed by atoms with Crippen molar-refractivity contribution in [2.45, 2.75) is 19.4 Å². The first-order valence-corrected chi connectivity index (χ1v) is 11.5. The number of nitrogens with zero attached hydrogens (tertiary/aromatic N) is 2. The number of ether oxygens (including phenoxy) is 2. The van der Waals surface area contributed by atoms with Gasteiger partial charge in [0, 0.05) is 11.4 Å². The molecule has 2 N–H and O–H groups in total. The number of hydrogen-bond donors (Lipinski definition) is 2. The first kappa shape index (κ1) is 21.2. The Morgan fingerprint density at radius 2 is 1.64 bits per heavy atom. The number of benzene rings is 3. The molecule has 1 aromatic heterocycles. The van der Waals surface area contributed by atoms with E-state index in [1.807, 2.05) is 60.7 Å². The summed E-state index contributed by atoms with van der Waals surface area (Å²) in [6.45, 7) is 3.37. The van der Waals surface area contributed by atoms with Gasteiger partial charge in [0.2, 0.25) is 5.88 Å². The van der Waals surface area contributed by atoms with E-state index >= 15 is 0 Å². The molecule has 5 rings (SSSR count). The lowest BCUT2D eigenvalue weighted by atomic mass is 9.99. The van der Waals surface area contributed by atoms with E-state index in [1.165, 1.54) is 0 Å². The normalized spacial score (nSPS) is 14.2. The minimum atomic E-state index is 0.555. The zero-order valence-corrected chi connectivity index (χ0v) is 18.5. The highest BCUT2D eigenvalue weighted by Crippen LogP contribution is 2.24. The topological polar surface area (TPSA) is 68.3 Å². The molecule has 6 heteroatoms. The van der Waals surface area contributed by atoms with Crippen molar-refractivity contribution in [2.75, 3.05) is 25.0 Å². The van der Waals surface area contributed by atoms with E-state index in [-0.39, 0.29) is 0 Å². The van der Waals surface area contributed by atoms with Gasteiger partial charge < -0.3 is 20.1 Å². The molecule has 0 unspecified atom stereocenters. The van der Waals surface area contributed by atoms with Crippen LogP contribution in [0.25, 0.3) is 11.0 Å². The lowest BCUT2D eigenvalue weighted by Crippen LogP contribution is -2.30. The minimum Gasteiger partial charge on any atom is -0.489 e. The Kier molecular flexibility index (Phi) is 6.63. The summed E-state index contributed by atoms with van der Waals surface area (Å²) >= 11 is 0. The molecule has 1 aliphatic heterocycles. The number of piperidine rings is 1. The molecule has 168 valence electrons. The van der Waals surface area contributed by atoms with Crippen LogP contribution in [0.4, 0.5) is 11.4 Å². The second-order valence-corrected chi connectivity index (χ2v) is 8.34. The fourth-order valence-electron chi connectivity index (χ4n) is 3.94. The highest BCUT2D eigenvalue weighted by atomic mass is 16.5. The van der Waals surface area contributed by atoms with Gasteiger partial charge in [-0.3, -0.25) is 0 Å². The van der Waals surface area contributed by atoms with Crippen molar-refractivity contribution in [1.82, 2.24) is 15.3 Å². The van der Waals surface area contributed by atoms with Crippen molar-refractivity contribution in [3.05, 3.63) is 84.6 Å². The van der Waals surface area contributed by atoms with Crippen molar-refractivity contribution in [3.63, 3.8) is 0 Å². The summed E-state index contributed by atoms with van der Waals surface area (Å²) in [5.41, 5.74) is 4.74. The molecule has 2 heterocycles. The maximum atomic E-state index is 5.94. The van der Waals surface area contributed by atoms with Crippen molar-refractivity contribution in [2.24, 2.45) is 5.92 Å². The summed E-state index contributed by atoms with van der Waals surface area (Å²) in [5, 5.41) is 6.81. The molecule has 0 spiro atoms. The monoisotopic (exact) mass is 440 g/mol. The molecular weight excluding hydrogens is 412 g/mol. The van der Waals surface area contributed by atoms with Gasteiger partial charge in [-0.05, 0) is 79.9 Å². The summed E-state index contributed by atoms with van der Waals surface area (Å²) in [6, 6.07) is 24.1. The molecule has 33 heavy (non-hydrogen) atoms. The van der Waals surface area contributed by atoms with Gasteiger partial charge in [-0.15, -0.1) is 0 Å². The zero-order valence-electron chi connectivity index (χ0n) is 18.5. The van der Waals surface area contributed by atoms with Gasteiger partial charge in [-0.2, -0.15) is 0 Å². The van der Waals surface area contributed by atoms with Gasteiger partial charge in [0.15, 0.2) is 0 Å². The molecule has 3 aromatic carbocycles. The standard InChI is InChI=1S/C27H28N4O2/c1-2-4-20(5-3-1)18-32-24-9-6-22(7-10-24)30-23-8-11-25-26(16-23)31-27(17-29-25)33-19-21-12-14-28-15-13-21/h1-11,16-17,21,28,30H,12-15,18-19H2. The van der Waals surface area contributed by atoms with Crippen LogP contribution in [-0.4, -0.2) is 29.7 Å². The smallest absolute Gasteiger partial charge is 0.232 e. The maximum Gasteiger partial charge on any atom is 0.232 e. The van der Waals surface area contributed by atoms with Gasteiger partial charge >= 0.3 is 0 Å². The molecule has 0 aliphatic carbocycles. The SMILES string of the molecule is c1ccc(COc2ccc(Nc3ccc4ncc(OCC5CCNCC5)nc4c3)cc2)cc1. The number of aromatic nitrogens is 2. The molecule has 1 fully saturated rings. The third kappa shape index (κ3) is 5.79. The Labute approximate surface area is 194 Å². The molecule has 0 bridgehead atoms. The highest BCUT2D eigenvalue weighted by molar-refractivity contribution is 5.80. The third-order valence-corrected chi connectivity index (χ3v) is 5.84. The minimum absolute atomic E-state index is 0.555. The number of anilines is 2. The maximum absolute atomic E-state index is 5.94. The largest absolute Gasteiger partial charge is 0.489 e. The van der Waals surface area contributed by atoms with Gasteiger partial charge in [0.25, 0.3) is 0 Å². The van der Waals surface area contributed by atoms with Crippen molar-refractivity contribution >= 4 is 22.4 Å². The molecule has 0 atom stereocenters. The Balaban J connectivity index is 1.21. The molecular formula is C27H28N4O2. The fourth-order valence-corrected chi connectivity index (χ4v) is 3.94. The van der Waals surface area contributed by atoms with E-state index in [4.69, 9.17) is 9.47 Å². The van der Waals surface area contributed by atoms with Crippen LogP contribution >= 0.6 is 0 Å². The van der Waals surface area contributed by atoms with Crippen LogP contribution in [0.3, 0.4) is 0 Å². The van der Waals surface area contributed by atoms with Crippen LogP contribution < -0.4 is 20.1 Å². The lowest BCUT2D eigenvalue weighted by Gasteiger charge is -2.22. The number of fused-ring (bicyclic) bond motifs is 1. The van der Waals surface area contributed by atoms with Crippen LogP contribution in [0.15, 0.2) is 79.0 Å². The molecule has 1 saturated heterocycles. The fraction of sp³-hybridized carbons (Fsp3) is 0.259. The average Bonchev–Trinajstić information content (AvgIpc) is 2.88. The Hall–Kier alpha value is -3.64. The molecule has 1 aliphatic rings. The van der Waals surface area contributed by atoms with E-state index in [0.29, 0.717) is 25.0 Å². The van der Waals surface area contributed by atoms with Crippen LogP contribution in [0.2, 0.25) is 0 Å². The van der Waals surface area contributed by atoms with E-state index in [9.17, 15) is 0 Å². The van der Waals surface area contributed by atoms with Crippen LogP contribution in [-0.2, 0) is 6.61 Å². The second kappa shape index (κ2) is 10.3. The van der Waals surface area contributed by atoms with Crippen LogP contribution in [0.5, 0.6) is 11.6 Å². The Bertz CT molecular complexity index is 1180. The van der Waals surface area contributed by atoms with Gasteiger partial charge in [-0.25, -0.2) is 9.97 Å². The Morgan fingerprint density at radius 1 is 0.848 bits per heavy atom. The van der Waals surface area contributed by atoms with Crippen molar-refractivity contribution in [3.8, 4) is 11.6 Å². The average molecular weight is 441 g/mol. The van der Waals surface area contributed by atoms with E-state index in [1.54, 1.807) is 6.20 Å². The van der Waals surface area contributed by atoms with Gasteiger partial charge in [-0.1, -0.05) is 30.3 Å². The summed E-state index contributed by atoms with van der Waals surface area (Å²) in [7, 11) is 0. The molecule has 4 aromatic rings. The second-order valence-electron chi connectivity index (χ2n) is 8.34. The van der Waals surface area contributed by atoms with Crippen molar-refractivity contribution < 1.29 is 9.47 Å². The predicted molar refractivity (Wildman–Crippen MR) is 131 cm³/mol. The molecule has 6 nitrogen and oxygen atoms in total. The van der Waals surface area contributed by atoms with E-state index < -0.39 is 0 Å². The predicted octanol–water partition coefficient (Wildman–Crippen LogP) is 5.33. The number of nitrogens with one attached hydrogen (secondary N) is 2. The number of hydrogen-bond acceptors (Lipinski definition) is 6.